The Morgan fingerprint density at radius 1 is 1.57 bits per heavy atom. The normalized spacial score (nSPS) is 19.6. The molecule has 3 heteroatoms. The van der Waals surface area contributed by atoms with Crippen molar-refractivity contribution in [2.45, 2.75) is 13.3 Å². The lowest BCUT2D eigenvalue weighted by atomic mass is 9.93. The molecule has 1 aliphatic heterocycles. The number of rotatable bonds is 1. The molecule has 1 atom stereocenters. The predicted molar refractivity (Wildman–Crippen MR) is 54.2 cm³/mol. The van der Waals surface area contributed by atoms with Crippen molar-refractivity contribution in [1.82, 2.24) is 0 Å². The number of ether oxygens (including phenoxy) is 1. The summed E-state index contributed by atoms with van der Waals surface area (Å²) >= 11 is 0. The maximum absolute atomic E-state index is 11.2. The highest BCUT2D eigenvalue weighted by Gasteiger charge is 2.22. The first kappa shape index (κ1) is 9.06. The molecule has 0 bridgehead atoms. The molecule has 1 aromatic rings. The van der Waals surface area contributed by atoms with Crippen molar-refractivity contribution >= 4 is 11.5 Å². The summed E-state index contributed by atoms with van der Waals surface area (Å²) in [5, 5.41) is 0. The number of carbonyl (C=O) groups excluding carboxylic acids is 1. The topological polar surface area (TPSA) is 52.3 Å². The Morgan fingerprint density at radius 2 is 2.36 bits per heavy atom. The molecule has 0 aromatic heterocycles. The van der Waals surface area contributed by atoms with Gasteiger partial charge in [-0.2, -0.15) is 0 Å². The van der Waals surface area contributed by atoms with Crippen LogP contribution in [0.1, 0.15) is 12.5 Å². The standard InChI is InChI=1S/C11H13NO2/c1-7(13)9-4-8-5-10(12)2-3-11(8)14-6-9/h2-3,5,9H,4,6,12H2,1H3. The maximum atomic E-state index is 11.2. The second-order valence-corrected chi connectivity index (χ2v) is 3.69. The van der Waals surface area contributed by atoms with E-state index in [-0.39, 0.29) is 11.7 Å². The lowest BCUT2D eigenvalue weighted by molar-refractivity contribution is -0.121. The summed E-state index contributed by atoms with van der Waals surface area (Å²) in [4.78, 5) is 11.2. The Bertz CT molecular complexity index is 374. The second-order valence-electron chi connectivity index (χ2n) is 3.69. The minimum atomic E-state index is -0.00991. The summed E-state index contributed by atoms with van der Waals surface area (Å²) in [6, 6.07) is 5.55. The van der Waals surface area contributed by atoms with Gasteiger partial charge in [-0.05, 0) is 37.1 Å². The molecular formula is C11H13NO2. The second kappa shape index (κ2) is 3.33. The molecule has 0 radical (unpaired) electrons. The number of Topliss-reactive ketones (excluding diaryl/α,β-unsaturated/α-hetero) is 1. The summed E-state index contributed by atoms with van der Waals surface area (Å²) < 4.78 is 5.48. The number of benzene rings is 1. The van der Waals surface area contributed by atoms with Crippen LogP contribution in [-0.2, 0) is 11.2 Å². The molecule has 2 rings (SSSR count). The van der Waals surface area contributed by atoms with Gasteiger partial charge in [-0.1, -0.05) is 0 Å². The van der Waals surface area contributed by atoms with Gasteiger partial charge in [0.05, 0.1) is 12.5 Å². The van der Waals surface area contributed by atoms with E-state index in [1.807, 2.05) is 18.2 Å². The molecule has 1 unspecified atom stereocenters. The summed E-state index contributed by atoms with van der Waals surface area (Å²) in [7, 11) is 0. The van der Waals surface area contributed by atoms with Crippen molar-refractivity contribution in [2.75, 3.05) is 12.3 Å². The van der Waals surface area contributed by atoms with Crippen LogP contribution in [0.3, 0.4) is 0 Å². The van der Waals surface area contributed by atoms with E-state index in [9.17, 15) is 4.79 Å². The van der Waals surface area contributed by atoms with Crippen LogP contribution < -0.4 is 10.5 Å². The molecule has 1 heterocycles. The van der Waals surface area contributed by atoms with Gasteiger partial charge >= 0.3 is 0 Å². The SMILES string of the molecule is CC(=O)C1COc2ccc(N)cc2C1. The number of nitrogen functional groups attached to an aromatic ring is 1. The fourth-order valence-electron chi connectivity index (χ4n) is 1.68. The number of carbonyl (C=O) groups is 1. The van der Waals surface area contributed by atoms with E-state index in [0.29, 0.717) is 6.61 Å². The molecule has 1 aliphatic rings. The van der Waals surface area contributed by atoms with Gasteiger partial charge in [-0.15, -0.1) is 0 Å². The molecule has 14 heavy (non-hydrogen) atoms. The van der Waals surface area contributed by atoms with Gasteiger partial charge in [0.25, 0.3) is 0 Å². The van der Waals surface area contributed by atoms with Crippen molar-refractivity contribution in [3.63, 3.8) is 0 Å². The molecule has 3 nitrogen and oxygen atoms in total. The highest BCUT2D eigenvalue weighted by atomic mass is 16.5. The van der Waals surface area contributed by atoms with Gasteiger partial charge in [0.2, 0.25) is 0 Å². The summed E-state index contributed by atoms with van der Waals surface area (Å²) in [5.74, 6) is 1.03. The van der Waals surface area contributed by atoms with Crippen LogP contribution in [0, 0.1) is 5.92 Å². The number of hydrogen-bond donors (Lipinski definition) is 1. The molecule has 0 aliphatic carbocycles. The van der Waals surface area contributed by atoms with E-state index >= 15 is 0 Å². The number of fused-ring (bicyclic) bond motifs is 1. The van der Waals surface area contributed by atoms with E-state index in [1.54, 1.807) is 6.92 Å². The lowest BCUT2D eigenvalue weighted by Gasteiger charge is -2.23. The van der Waals surface area contributed by atoms with Gasteiger partial charge in [-0.3, -0.25) is 4.79 Å². The zero-order valence-electron chi connectivity index (χ0n) is 8.12. The first-order valence-electron chi connectivity index (χ1n) is 4.68. The number of hydrogen-bond acceptors (Lipinski definition) is 3. The Morgan fingerprint density at radius 3 is 3.07 bits per heavy atom. The van der Waals surface area contributed by atoms with Crippen LogP contribution >= 0.6 is 0 Å². The first-order chi connectivity index (χ1) is 6.66. The largest absolute Gasteiger partial charge is 0.493 e. The molecule has 0 saturated carbocycles. The Balaban J connectivity index is 2.29. The van der Waals surface area contributed by atoms with Crippen LogP contribution in [0.5, 0.6) is 5.75 Å². The third-order valence-electron chi connectivity index (χ3n) is 2.57. The van der Waals surface area contributed by atoms with Crippen molar-refractivity contribution in [3.8, 4) is 5.75 Å². The minimum Gasteiger partial charge on any atom is -0.493 e. The van der Waals surface area contributed by atoms with Crippen LogP contribution in [0.2, 0.25) is 0 Å². The van der Waals surface area contributed by atoms with E-state index < -0.39 is 0 Å². The molecule has 74 valence electrons. The highest BCUT2D eigenvalue weighted by Crippen LogP contribution is 2.29. The van der Waals surface area contributed by atoms with E-state index in [1.165, 1.54) is 0 Å². The van der Waals surface area contributed by atoms with Gasteiger partial charge in [0, 0.05) is 5.69 Å². The van der Waals surface area contributed by atoms with E-state index in [0.717, 1.165) is 23.4 Å². The monoisotopic (exact) mass is 191 g/mol. The fraction of sp³-hybridized carbons (Fsp3) is 0.364. The molecule has 1 aromatic carbocycles. The van der Waals surface area contributed by atoms with Crippen LogP contribution in [0.25, 0.3) is 0 Å². The molecule has 0 amide bonds. The number of anilines is 1. The zero-order valence-corrected chi connectivity index (χ0v) is 8.12. The third-order valence-corrected chi connectivity index (χ3v) is 2.57. The zero-order chi connectivity index (χ0) is 10.1. The molecule has 0 saturated heterocycles. The average Bonchev–Trinajstić information content (AvgIpc) is 2.16. The van der Waals surface area contributed by atoms with Gasteiger partial charge in [0.15, 0.2) is 0 Å². The van der Waals surface area contributed by atoms with Crippen LogP contribution in [-0.4, -0.2) is 12.4 Å². The van der Waals surface area contributed by atoms with E-state index in [2.05, 4.69) is 0 Å². The number of nitrogens with two attached hydrogens (primary N) is 1. The quantitative estimate of drug-likeness (QED) is 0.683. The minimum absolute atomic E-state index is 0.00991. The fourth-order valence-corrected chi connectivity index (χ4v) is 1.68. The van der Waals surface area contributed by atoms with Gasteiger partial charge in [0.1, 0.15) is 11.5 Å². The summed E-state index contributed by atoms with van der Waals surface area (Å²) in [6.07, 6.45) is 0.746. The third kappa shape index (κ3) is 1.58. The molecule has 2 N–H and O–H groups in total. The Kier molecular flexibility index (Phi) is 2.15. The first-order valence-corrected chi connectivity index (χ1v) is 4.68. The highest BCUT2D eigenvalue weighted by molar-refractivity contribution is 5.79. The summed E-state index contributed by atoms with van der Waals surface area (Å²) in [5.41, 5.74) is 7.42. The van der Waals surface area contributed by atoms with E-state index in [4.69, 9.17) is 10.5 Å². The lowest BCUT2D eigenvalue weighted by Crippen LogP contribution is -2.26. The Hall–Kier alpha value is -1.51. The van der Waals surface area contributed by atoms with Gasteiger partial charge in [-0.25, -0.2) is 0 Å². The smallest absolute Gasteiger partial charge is 0.136 e. The van der Waals surface area contributed by atoms with Crippen LogP contribution in [0.4, 0.5) is 5.69 Å². The van der Waals surface area contributed by atoms with Crippen molar-refractivity contribution in [1.29, 1.82) is 0 Å². The summed E-state index contributed by atoms with van der Waals surface area (Å²) in [6.45, 7) is 2.09. The number of ketones is 1. The Labute approximate surface area is 82.9 Å². The molecular weight excluding hydrogens is 178 g/mol. The molecule has 0 spiro atoms. The van der Waals surface area contributed by atoms with Crippen molar-refractivity contribution < 1.29 is 9.53 Å². The average molecular weight is 191 g/mol. The van der Waals surface area contributed by atoms with Crippen molar-refractivity contribution in [3.05, 3.63) is 23.8 Å². The molecule has 0 fully saturated rings. The maximum Gasteiger partial charge on any atom is 0.136 e. The van der Waals surface area contributed by atoms with Gasteiger partial charge < -0.3 is 10.5 Å². The van der Waals surface area contributed by atoms with Crippen molar-refractivity contribution in [2.24, 2.45) is 5.92 Å². The van der Waals surface area contributed by atoms with Crippen LogP contribution in [0.15, 0.2) is 18.2 Å². The predicted octanol–water partition coefficient (Wildman–Crippen LogP) is 1.41.